The highest BCUT2D eigenvalue weighted by Crippen LogP contribution is 2.16. The summed E-state index contributed by atoms with van der Waals surface area (Å²) in [6, 6.07) is 7.52. The molecule has 0 aromatic heterocycles. The van der Waals surface area contributed by atoms with E-state index in [0.29, 0.717) is 6.41 Å². The number of nitrogens with one attached hydrogen (secondary N) is 1. The molecule has 1 amide bonds. The van der Waals surface area contributed by atoms with Crippen LogP contribution in [-0.2, 0) is 4.79 Å². The van der Waals surface area contributed by atoms with Gasteiger partial charge in [0.05, 0.1) is 6.61 Å². The first-order valence-electron chi connectivity index (χ1n) is 11.8. The molecule has 3 nitrogen and oxygen atoms in total. The van der Waals surface area contributed by atoms with E-state index < -0.39 is 0 Å². The molecule has 0 atom stereocenters. The van der Waals surface area contributed by atoms with Gasteiger partial charge in [0.2, 0.25) is 6.41 Å². The maximum atomic E-state index is 10.4. The normalized spacial score (nSPS) is 10.8. The second-order valence-electron chi connectivity index (χ2n) is 7.94. The molecule has 0 radical (unpaired) electrons. The molecular formula is C25H43NO2. The summed E-state index contributed by atoms with van der Waals surface area (Å²) < 4.78 is 5.74. The maximum Gasteiger partial charge on any atom is 0.211 e. The second kappa shape index (κ2) is 18.8. The molecule has 1 rings (SSSR count). The van der Waals surface area contributed by atoms with Crippen molar-refractivity contribution in [3.05, 3.63) is 24.3 Å². The smallest absolute Gasteiger partial charge is 0.211 e. The fourth-order valence-electron chi connectivity index (χ4n) is 3.56. The van der Waals surface area contributed by atoms with Gasteiger partial charge in [-0.15, -0.1) is 0 Å². The topological polar surface area (TPSA) is 38.3 Å². The lowest BCUT2D eigenvalue weighted by Gasteiger charge is -2.07. The molecule has 0 aliphatic heterocycles. The summed E-state index contributed by atoms with van der Waals surface area (Å²) in [5.74, 6) is 0.873. The van der Waals surface area contributed by atoms with Crippen LogP contribution in [-0.4, -0.2) is 13.0 Å². The van der Waals surface area contributed by atoms with Crippen LogP contribution in [0.4, 0.5) is 5.69 Å². The third-order valence-corrected chi connectivity index (χ3v) is 5.35. The zero-order chi connectivity index (χ0) is 20.1. The van der Waals surface area contributed by atoms with E-state index in [4.69, 9.17) is 4.74 Å². The molecule has 0 aliphatic carbocycles. The molecule has 0 saturated carbocycles. The Kier molecular flexibility index (Phi) is 16.5. The van der Waals surface area contributed by atoms with Crippen molar-refractivity contribution in [2.75, 3.05) is 11.9 Å². The molecule has 1 aromatic carbocycles. The Morgan fingerprint density at radius 2 is 1.11 bits per heavy atom. The minimum absolute atomic E-state index is 0.687. The van der Waals surface area contributed by atoms with Crippen molar-refractivity contribution in [1.82, 2.24) is 0 Å². The summed E-state index contributed by atoms with van der Waals surface area (Å²) in [6.45, 7) is 3.06. The zero-order valence-corrected chi connectivity index (χ0v) is 18.2. The lowest BCUT2D eigenvalue weighted by molar-refractivity contribution is -0.105. The molecular weight excluding hydrogens is 346 g/mol. The molecule has 0 aliphatic rings. The molecule has 160 valence electrons. The minimum Gasteiger partial charge on any atom is -0.494 e. The molecule has 0 spiro atoms. The first-order chi connectivity index (χ1) is 13.9. The van der Waals surface area contributed by atoms with E-state index in [0.717, 1.165) is 24.5 Å². The van der Waals surface area contributed by atoms with Crippen LogP contribution < -0.4 is 10.1 Å². The summed E-state index contributed by atoms with van der Waals surface area (Å²) in [6.07, 6.45) is 22.9. The van der Waals surface area contributed by atoms with Crippen molar-refractivity contribution < 1.29 is 9.53 Å². The number of amides is 1. The van der Waals surface area contributed by atoms with Crippen molar-refractivity contribution in [1.29, 1.82) is 0 Å². The number of rotatable bonds is 20. The Morgan fingerprint density at radius 1 is 0.679 bits per heavy atom. The van der Waals surface area contributed by atoms with Gasteiger partial charge in [0.25, 0.3) is 0 Å². The molecule has 0 fully saturated rings. The first kappa shape index (κ1) is 24.5. The molecule has 1 N–H and O–H groups in total. The summed E-state index contributed by atoms with van der Waals surface area (Å²) in [4.78, 5) is 10.4. The third-order valence-electron chi connectivity index (χ3n) is 5.35. The highest BCUT2D eigenvalue weighted by atomic mass is 16.5. The number of hydrogen-bond acceptors (Lipinski definition) is 2. The van der Waals surface area contributed by atoms with Gasteiger partial charge >= 0.3 is 0 Å². The Balaban J connectivity index is 1.78. The molecule has 0 bridgehead atoms. The minimum atomic E-state index is 0.687. The van der Waals surface area contributed by atoms with Gasteiger partial charge in [-0.25, -0.2) is 0 Å². The van der Waals surface area contributed by atoms with E-state index in [2.05, 4.69) is 12.2 Å². The second-order valence-corrected chi connectivity index (χ2v) is 7.94. The van der Waals surface area contributed by atoms with Crippen molar-refractivity contribution in [3.8, 4) is 5.75 Å². The lowest BCUT2D eigenvalue weighted by atomic mass is 10.0. The van der Waals surface area contributed by atoms with E-state index in [-0.39, 0.29) is 0 Å². The highest BCUT2D eigenvalue weighted by molar-refractivity contribution is 5.71. The van der Waals surface area contributed by atoms with Gasteiger partial charge < -0.3 is 10.1 Å². The molecule has 0 heterocycles. The average Bonchev–Trinajstić information content (AvgIpc) is 2.72. The monoisotopic (exact) mass is 389 g/mol. The first-order valence-corrected chi connectivity index (χ1v) is 11.8. The fraction of sp³-hybridized carbons (Fsp3) is 0.720. The van der Waals surface area contributed by atoms with Gasteiger partial charge in [0.15, 0.2) is 0 Å². The standard InChI is InChI=1S/C25H43NO2/c1-2-3-4-5-6-7-8-9-10-11-12-13-14-15-16-17-22-28-25-20-18-24(19-21-25)26-23-27/h18-21,23H,2-17,22H2,1H3,(H,26,27). The number of unbranched alkanes of at least 4 members (excludes halogenated alkanes) is 15. The number of ether oxygens (including phenoxy) is 1. The van der Waals surface area contributed by atoms with Crippen LogP contribution in [0.25, 0.3) is 0 Å². The largest absolute Gasteiger partial charge is 0.494 e. The van der Waals surface area contributed by atoms with Gasteiger partial charge in [-0.3, -0.25) is 4.79 Å². The van der Waals surface area contributed by atoms with Crippen molar-refractivity contribution >= 4 is 12.1 Å². The SMILES string of the molecule is CCCCCCCCCCCCCCCCCCOc1ccc(NC=O)cc1. The van der Waals surface area contributed by atoms with E-state index in [1.165, 1.54) is 96.3 Å². The predicted molar refractivity (Wildman–Crippen MR) is 121 cm³/mol. The molecule has 3 heteroatoms. The van der Waals surface area contributed by atoms with E-state index in [1.54, 1.807) is 0 Å². The summed E-state index contributed by atoms with van der Waals surface area (Å²) in [5.41, 5.74) is 0.796. The van der Waals surface area contributed by atoms with Gasteiger partial charge in [-0.2, -0.15) is 0 Å². The molecule has 28 heavy (non-hydrogen) atoms. The van der Waals surface area contributed by atoms with Crippen LogP contribution in [0.15, 0.2) is 24.3 Å². The number of benzene rings is 1. The van der Waals surface area contributed by atoms with E-state index in [9.17, 15) is 4.79 Å². The van der Waals surface area contributed by atoms with E-state index >= 15 is 0 Å². The third kappa shape index (κ3) is 14.5. The van der Waals surface area contributed by atoms with Crippen LogP contribution in [0.1, 0.15) is 110 Å². The number of hydrogen-bond donors (Lipinski definition) is 1. The van der Waals surface area contributed by atoms with Gasteiger partial charge in [0.1, 0.15) is 5.75 Å². The van der Waals surface area contributed by atoms with Gasteiger partial charge in [-0.1, -0.05) is 103 Å². The summed E-state index contributed by atoms with van der Waals surface area (Å²) in [7, 11) is 0. The Hall–Kier alpha value is -1.51. The quantitative estimate of drug-likeness (QED) is 0.182. The van der Waals surface area contributed by atoms with Crippen LogP contribution >= 0.6 is 0 Å². The molecule has 0 unspecified atom stereocenters. The Labute approximate surface area is 173 Å². The summed E-state index contributed by atoms with van der Waals surface area (Å²) in [5, 5.41) is 2.62. The lowest BCUT2D eigenvalue weighted by Crippen LogP contribution is -1.98. The Bertz CT molecular complexity index is 458. The maximum absolute atomic E-state index is 10.4. The van der Waals surface area contributed by atoms with Crippen LogP contribution in [0.3, 0.4) is 0 Å². The fourth-order valence-corrected chi connectivity index (χ4v) is 3.56. The van der Waals surface area contributed by atoms with Crippen LogP contribution in [0, 0.1) is 0 Å². The van der Waals surface area contributed by atoms with Gasteiger partial charge in [-0.05, 0) is 30.7 Å². The number of carbonyl (C=O) groups excluding carboxylic acids is 1. The molecule has 1 aromatic rings. The molecule has 0 saturated heterocycles. The average molecular weight is 390 g/mol. The Morgan fingerprint density at radius 3 is 1.54 bits per heavy atom. The predicted octanol–water partition coefficient (Wildman–Crippen LogP) is 7.90. The zero-order valence-electron chi connectivity index (χ0n) is 18.2. The number of carbonyl (C=O) groups is 1. The number of anilines is 1. The van der Waals surface area contributed by atoms with Crippen molar-refractivity contribution in [3.63, 3.8) is 0 Å². The summed E-state index contributed by atoms with van der Waals surface area (Å²) >= 11 is 0. The van der Waals surface area contributed by atoms with Crippen LogP contribution in [0.5, 0.6) is 5.75 Å². The van der Waals surface area contributed by atoms with Crippen molar-refractivity contribution in [2.24, 2.45) is 0 Å². The highest BCUT2D eigenvalue weighted by Gasteiger charge is 1.97. The van der Waals surface area contributed by atoms with E-state index in [1.807, 2.05) is 24.3 Å². The van der Waals surface area contributed by atoms with Crippen LogP contribution in [0.2, 0.25) is 0 Å². The van der Waals surface area contributed by atoms with Crippen molar-refractivity contribution in [2.45, 2.75) is 110 Å². The van der Waals surface area contributed by atoms with Gasteiger partial charge in [0, 0.05) is 5.69 Å².